The Labute approximate surface area is 87.9 Å². The molecule has 0 aliphatic rings. The van der Waals surface area contributed by atoms with Crippen LogP contribution in [0, 0.1) is 11.3 Å². The molecule has 0 fully saturated rings. The van der Waals surface area contributed by atoms with Gasteiger partial charge in [-0.15, -0.1) is 0 Å². The van der Waals surface area contributed by atoms with Gasteiger partial charge in [0.25, 0.3) is 0 Å². The lowest BCUT2D eigenvalue weighted by molar-refractivity contribution is -0.138. The highest BCUT2D eigenvalue weighted by Gasteiger charge is 2.11. The fourth-order valence-electron chi connectivity index (χ4n) is 1.12. The standard InChI is InChI=1S/C10H11N3O2/c1-13(7-9(14)15-2)10-8(6-11)4-3-5-12-10/h3-5H,7H2,1-2H3. The summed E-state index contributed by atoms with van der Waals surface area (Å²) in [7, 11) is 3.00. The number of anilines is 1. The van der Waals surface area contributed by atoms with E-state index in [4.69, 9.17) is 5.26 Å². The van der Waals surface area contributed by atoms with Crippen LogP contribution in [0.5, 0.6) is 0 Å². The number of nitriles is 1. The molecule has 1 aromatic rings. The Morgan fingerprint density at radius 1 is 1.73 bits per heavy atom. The number of rotatable bonds is 3. The lowest BCUT2D eigenvalue weighted by atomic mass is 10.2. The second kappa shape index (κ2) is 4.96. The van der Waals surface area contributed by atoms with Crippen molar-refractivity contribution >= 4 is 11.8 Å². The highest BCUT2D eigenvalue weighted by Crippen LogP contribution is 2.13. The van der Waals surface area contributed by atoms with Gasteiger partial charge in [-0.05, 0) is 12.1 Å². The minimum atomic E-state index is -0.368. The zero-order valence-electron chi connectivity index (χ0n) is 8.60. The summed E-state index contributed by atoms with van der Waals surface area (Å²) >= 11 is 0. The molecule has 0 saturated heterocycles. The summed E-state index contributed by atoms with van der Waals surface area (Å²) in [6.07, 6.45) is 1.57. The fourth-order valence-corrected chi connectivity index (χ4v) is 1.12. The van der Waals surface area contributed by atoms with Gasteiger partial charge in [-0.1, -0.05) is 0 Å². The van der Waals surface area contributed by atoms with E-state index in [1.54, 1.807) is 30.3 Å². The largest absolute Gasteiger partial charge is 0.468 e. The molecule has 1 aromatic heterocycles. The van der Waals surface area contributed by atoms with E-state index >= 15 is 0 Å². The molecule has 78 valence electrons. The lowest BCUT2D eigenvalue weighted by Gasteiger charge is -2.17. The van der Waals surface area contributed by atoms with E-state index in [2.05, 4.69) is 9.72 Å². The number of aromatic nitrogens is 1. The monoisotopic (exact) mass is 205 g/mol. The van der Waals surface area contributed by atoms with Crippen LogP contribution in [-0.2, 0) is 9.53 Å². The second-order valence-corrected chi connectivity index (χ2v) is 2.92. The molecule has 0 aliphatic carbocycles. The molecule has 0 aromatic carbocycles. The number of likely N-dealkylation sites (N-methyl/N-ethyl adjacent to an activating group) is 1. The van der Waals surface area contributed by atoms with Gasteiger partial charge in [-0.2, -0.15) is 5.26 Å². The van der Waals surface area contributed by atoms with Gasteiger partial charge >= 0.3 is 5.97 Å². The van der Waals surface area contributed by atoms with Crippen molar-refractivity contribution in [1.29, 1.82) is 5.26 Å². The second-order valence-electron chi connectivity index (χ2n) is 2.92. The topological polar surface area (TPSA) is 66.2 Å². The van der Waals surface area contributed by atoms with Crippen LogP contribution in [0.3, 0.4) is 0 Å². The summed E-state index contributed by atoms with van der Waals surface area (Å²) in [6.45, 7) is 0.0716. The highest BCUT2D eigenvalue weighted by atomic mass is 16.5. The molecule has 0 atom stereocenters. The molecular weight excluding hydrogens is 194 g/mol. The molecule has 1 heterocycles. The first-order valence-electron chi connectivity index (χ1n) is 4.32. The highest BCUT2D eigenvalue weighted by molar-refractivity contribution is 5.75. The van der Waals surface area contributed by atoms with E-state index < -0.39 is 0 Å². The predicted octanol–water partition coefficient (Wildman–Crippen LogP) is 0.562. The van der Waals surface area contributed by atoms with Gasteiger partial charge in [0.1, 0.15) is 18.4 Å². The van der Waals surface area contributed by atoms with Gasteiger partial charge in [0, 0.05) is 13.2 Å². The van der Waals surface area contributed by atoms with Crippen LogP contribution in [0.4, 0.5) is 5.82 Å². The Morgan fingerprint density at radius 2 is 2.47 bits per heavy atom. The van der Waals surface area contributed by atoms with Crippen LogP contribution in [0.25, 0.3) is 0 Å². The zero-order valence-corrected chi connectivity index (χ0v) is 8.60. The molecule has 0 aliphatic heterocycles. The van der Waals surface area contributed by atoms with Gasteiger partial charge in [0.15, 0.2) is 0 Å². The number of methoxy groups -OCH3 is 1. The Bertz CT molecular complexity index is 398. The van der Waals surface area contributed by atoms with Crippen molar-refractivity contribution in [3.63, 3.8) is 0 Å². The van der Waals surface area contributed by atoms with Crippen LogP contribution in [0.2, 0.25) is 0 Å². The smallest absolute Gasteiger partial charge is 0.325 e. The molecule has 0 unspecified atom stereocenters. The molecule has 1 rings (SSSR count). The quantitative estimate of drug-likeness (QED) is 0.674. The molecule has 15 heavy (non-hydrogen) atoms. The minimum absolute atomic E-state index is 0.0716. The average Bonchev–Trinajstić information content (AvgIpc) is 2.28. The minimum Gasteiger partial charge on any atom is -0.468 e. The first kappa shape index (κ1) is 11.0. The van der Waals surface area contributed by atoms with Crippen molar-refractivity contribution in [2.75, 3.05) is 25.6 Å². The Hall–Kier alpha value is -2.09. The van der Waals surface area contributed by atoms with Crippen LogP contribution in [0.1, 0.15) is 5.56 Å². The Kier molecular flexibility index (Phi) is 3.63. The first-order valence-corrected chi connectivity index (χ1v) is 4.32. The van der Waals surface area contributed by atoms with E-state index in [0.29, 0.717) is 11.4 Å². The summed E-state index contributed by atoms with van der Waals surface area (Å²) in [5, 5.41) is 8.83. The molecule has 0 N–H and O–H groups in total. The van der Waals surface area contributed by atoms with Crippen molar-refractivity contribution in [3.05, 3.63) is 23.9 Å². The molecule has 0 radical (unpaired) electrons. The zero-order chi connectivity index (χ0) is 11.3. The van der Waals surface area contributed by atoms with Crippen molar-refractivity contribution in [2.45, 2.75) is 0 Å². The normalized spacial score (nSPS) is 9.13. The Balaban J connectivity index is 2.87. The van der Waals surface area contributed by atoms with Gasteiger partial charge in [0.05, 0.1) is 12.7 Å². The lowest BCUT2D eigenvalue weighted by Crippen LogP contribution is -2.27. The molecular formula is C10H11N3O2. The van der Waals surface area contributed by atoms with Gasteiger partial charge in [-0.25, -0.2) is 4.98 Å². The van der Waals surface area contributed by atoms with Crippen molar-refractivity contribution in [1.82, 2.24) is 4.98 Å². The summed E-state index contributed by atoms with van der Waals surface area (Å²) in [5.74, 6) is 0.109. The maximum absolute atomic E-state index is 11.0. The third-order valence-electron chi connectivity index (χ3n) is 1.86. The van der Waals surface area contributed by atoms with Gasteiger partial charge in [-0.3, -0.25) is 4.79 Å². The maximum Gasteiger partial charge on any atom is 0.325 e. The summed E-state index contributed by atoms with van der Waals surface area (Å²) < 4.78 is 4.52. The number of ether oxygens (including phenoxy) is 1. The molecule has 0 amide bonds. The predicted molar refractivity (Wildman–Crippen MR) is 54.2 cm³/mol. The first-order chi connectivity index (χ1) is 7.19. The van der Waals surface area contributed by atoms with Crippen LogP contribution in [0.15, 0.2) is 18.3 Å². The van der Waals surface area contributed by atoms with Crippen molar-refractivity contribution < 1.29 is 9.53 Å². The van der Waals surface area contributed by atoms with Crippen molar-refractivity contribution in [2.24, 2.45) is 0 Å². The van der Waals surface area contributed by atoms with Gasteiger partial charge < -0.3 is 9.64 Å². The third-order valence-corrected chi connectivity index (χ3v) is 1.86. The van der Waals surface area contributed by atoms with E-state index in [0.717, 1.165) is 0 Å². The van der Waals surface area contributed by atoms with E-state index in [1.807, 2.05) is 6.07 Å². The van der Waals surface area contributed by atoms with Crippen LogP contribution >= 0.6 is 0 Å². The molecule has 0 saturated carbocycles. The maximum atomic E-state index is 11.0. The average molecular weight is 205 g/mol. The van der Waals surface area contributed by atoms with Gasteiger partial charge in [0.2, 0.25) is 0 Å². The summed E-state index contributed by atoms with van der Waals surface area (Å²) in [5.41, 5.74) is 0.434. The number of hydrogen-bond acceptors (Lipinski definition) is 5. The van der Waals surface area contributed by atoms with E-state index in [1.165, 1.54) is 7.11 Å². The molecule has 5 nitrogen and oxygen atoms in total. The number of carbonyl (C=O) groups is 1. The van der Waals surface area contributed by atoms with E-state index in [-0.39, 0.29) is 12.5 Å². The van der Waals surface area contributed by atoms with Crippen LogP contribution < -0.4 is 4.90 Å². The molecule has 0 bridgehead atoms. The number of pyridine rings is 1. The fraction of sp³-hybridized carbons (Fsp3) is 0.300. The Morgan fingerprint density at radius 3 is 3.07 bits per heavy atom. The number of carbonyl (C=O) groups excluding carboxylic acids is 1. The SMILES string of the molecule is COC(=O)CN(C)c1ncccc1C#N. The molecule has 0 spiro atoms. The summed E-state index contributed by atoms with van der Waals surface area (Å²) in [6, 6.07) is 5.34. The number of esters is 1. The van der Waals surface area contributed by atoms with E-state index in [9.17, 15) is 4.79 Å². The van der Waals surface area contributed by atoms with Crippen LogP contribution in [-0.4, -0.2) is 31.7 Å². The molecule has 5 heteroatoms. The van der Waals surface area contributed by atoms with Crippen molar-refractivity contribution in [3.8, 4) is 6.07 Å². The number of hydrogen-bond donors (Lipinski definition) is 0. The third kappa shape index (κ3) is 2.68. The number of nitrogens with zero attached hydrogens (tertiary/aromatic N) is 3. The summed E-state index contributed by atoms with van der Waals surface area (Å²) in [4.78, 5) is 16.6.